The van der Waals surface area contributed by atoms with E-state index in [0.29, 0.717) is 0 Å². The second-order valence-corrected chi connectivity index (χ2v) is 3.52. The molecule has 0 aliphatic carbocycles. The monoisotopic (exact) mass is 320 g/mol. The summed E-state index contributed by atoms with van der Waals surface area (Å²) in [4.78, 5) is 41.0. The fourth-order valence-corrected chi connectivity index (χ4v) is 0.961. The first-order valence-electron chi connectivity index (χ1n) is 5.94. The predicted octanol–water partition coefficient (Wildman–Crippen LogP) is -1.13. The van der Waals surface area contributed by atoms with Crippen molar-refractivity contribution < 1.29 is 43.2 Å². The maximum Gasteiger partial charge on any atom is 0.331 e. The third kappa shape index (κ3) is 10.5. The molecule has 9 heteroatoms. The highest BCUT2D eigenvalue weighted by atomic mass is 16.5. The molecule has 1 rings (SSSR count). The highest BCUT2D eigenvalue weighted by Gasteiger charge is 2.32. The summed E-state index contributed by atoms with van der Waals surface area (Å²) in [6, 6.07) is 0. The Morgan fingerprint density at radius 3 is 2.05 bits per heavy atom. The fourth-order valence-electron chi connectivity index (χ4n) is 0.961. The SMILES string of the molecule is C=CC(=O)OC.COC(=O)C1COCC1=O.COC(=O)CO. The Morgan fingerprint density at radius 1 is 1.27 bits per heavy atom. The lowest BCUT2D eigenvalue weighted by Gasteiger charge is -2.00. The smallest absolute Gasteiger partial charge is 0.331 e. The molecular weight excluding hydrogens is 300 g/mol. The number of esters is 3. The molecule has 0 aromatic heterocycles. The molecular formula is C13H20O9. The number of hydrogen-bond donors (Lipinski definition) is 1. The molecule has 1 heterocycles. The number of aliphatic hydroxyl groups excluding tert-OH is 1. The van der Waals surface area contributed by atoms with Gasteiger partial charge in [0.1, 0.15) is 19.1 Å². The van der Waals surface area contributed by atoms with Crippen molar-refractivity contribution in [1.82, 2.24) is 0 Å². The molecule has 1 atom stereocenters. The van der Waals surface area contributed by atoms with Crippen molar-refractivity contribution in [3.05, 3.63) is 12.7 Å². The third-order valence-electron chi connectivity index (χ3n) is 2.13. The number of hydrogen-bond acceptors (Lipinski definition) is 9. The zero-order chi connectivity index (χ0) is 17.5. The van der Waals surface area contributed by atoms with Gasteiger partial charge in [-0.15, -0.1) is 0 Å². The van der Waals surface area contributed by atoms with E-state index in [1.165, 1.54) is 21.3 Å². The van der Waals surface area contributed by atoms with Crippen LogP contribution in [0, 0.1) is 5.92 Å². The van der Waals surface area contributed by atoms with Crippen LogP contribution in [0.15, 0.2) is 12.7 Å². The summed E-state index contributed by atoms with van der Waals surface area (Å²) in [5, 5.41) is 7.86. The maximum absolute atomic E-state index is 10.7. The van der Waals surface area contributed by atoms with Gasteiger partial charge in [-0.3, -0.25) is 9.59 Å². The van der Waals surface area contributed by atoms with Gasteiger partial charge in [0.15, 0.2) is 5.78 Å². The lowest BCUT2D eigenvalue weighted by Crippen LogP contribution is -2.23. The van der Waals surface area contributed by atoms with Crippen molar-refractivity contribution in [3.8, 4) is 0 Å². The number of aliphatic hydroxyl groups is 1. The van der Waals surface area contributed by atoms with Gasteiger partial charge >= 0.3 is 17.9 Å². The lowest BCUT2D eigenvalue weighted by molar-refractivity contribution is -0.148. The molecule has 0 spiro atoms. The number of methoxy groups -OCH3 is 3. The Labute approximate surface area is 127 Å². The number of Topliss-reactive ketones (excluding diaryl/α,β-unsaturated/α-hetero) is 1. The first kappa shape index (κ1) is 22.0. The van der Waals surface area contributed by atoms with Gasteiger partial charge in [-0.2, -0.15) is 0 Å². The highest BCUT2D eigenvalue weighted by molar-refractivity contribution is 6.00. The molecule has 0 radical (unpaired) electrons. The Balaban J connectivity index is 0. The minimum Gasteiger partial charge on any atom is -0.468 e. The topological polar surface area (TPSA) is 125 Å². The summed E-state index contributed by atoms with van der Waals surface area (Å²) in [6.45, 7) is 2.84. The van der Waals surface area contributed by atoms with Crippen molar-refractivity contribution in [2.45, 2.75) is 0 Å². The van der Waals surface area contributed by atoms with E-state index in [-0.39, 0.29) is 19.0 Å². The second kappa shape index (κ2) is 13.7. The maximum atomic E-state index is 10.7. The zero-order valence-electron chi connectivity index (χ0n) is 12.7. The van der Waals surface area contributed by atoms with Crippen molar-refractivity contribution >= 4 is 23.7 Å². The van der Waals surface area contributed by atoms with Crippen LogP contribution in [0.4, 0.5) is 0 Å². The van der Waals surface area contributed by atoms with Crippen molar-refractivity contribution in [2.75, 3.05) is 41.2 Å². The summed E-state index contributed by atoms with van der Waals surface area (Å²) in [7, 11) is 3.79. The second-order valence-electron chi connectivity index (χ2n) is 3.52. The largest absolute Gasteiger partial charge is 0.468 e. The molecule has 1 unspecified atom stereocenters. The van der Waals surface area contributed by atoms with Crippen molar-refractivity contribution in [3.63, 3.8) is 0 Å². The van der Waals surface area contributed by atoms with Crippen LogP contribution in [-0.2, 0) is 38.1 Å². The third-order valence-corrected chi connectivity index (χ3v) is 2.13. The molecule has 0 bridgehead atoms. The minimum atomic E-state index is -0.676. The number of carbonyl (C=O) groups excluding carboxylic acids is 4. The highest BCUT2D eigenvalue weighted by Crippen LogP contribution is 2.09. The van der Waals surface area contributed by atoms with Crippen molar-refractivity contribution in [2.24, 2.45) is 5.92 Å². The predicted molar refractivity (Wildman–Crippen MR) is 72.6 cm³/mol. The van der Waals surface area contributed by atoms with Gasteiger partial charge < -0.3 is 24.1 Å². The van der Waals surface area contributed by atoms with Crippen LogP contribution in [0.25, 0.3) is 0 Å². The normalized spacial score (nSPS) is 15.3. The van der Waals surface area contributed by atoms with E-state index in [2.05, 4.69) is 20.8 Å². The first-order valence-corrected chi connectivity index (χ1v) is 5.94. The number of rotatable bonds is 3. The van der Waals surface area contributed by atoms with Crippen LogP contribution in [0.2, 0.25) is 0 Å². The van der Waals surface area contributed by atoms with E-state index in [0.717, 1.165) is 6.08 Å². The molecule has 126 valence electrons. The molecule has 0 saturated carbocycles. The van der Waals surface area contributed by atoms with Crippen LogP contribution >= 0.6 is 0 Å². The Kier molecular flexibility index (Phi) is 13.7. The summed E-state index contributed by atoms with van der Waals surface area (Å²) in [5.41, 5.74) is 0. The van der Waals surface area contributed by atoms with E-state index in [4.69, 9.17) is 9.84 Å². The van der Waals surface area contributed by atoms with Gasteiger partial charge in [-0.05, 0) is 0 Å². The first-order chi connectivity index (χ1) is 10.4. The van der Waals surface area contributed by atoms with E-state index in [9.17, 15) is 19.2 Å². The van der Waals surface area contributed by atoms with E-state index < -0.39 is 30.4 Å². The zero-order valence-corrected chi connectivity index (χ0v) is 12.7. The average molecular weight is 320 g/mol. The van der Waals surface area contributed by atoms with E-state index in [1.807, 2.05) is 0 Å². The molecule has 0 aromatic rings. The van der Waals surface area contributed by atoms with Gasteiger partial charge in [0.2, 0.25) is 0 Å². The van der Waals surface area contributed by atoms with Crippen molar-refractivity contribution in [1.29, 1.82) is 0 Å². The van der Waals surface area contributed by atoms with Gasteiger partial charge in [-0.1, -0.05) is 6.58 Å². The summed E-state index contributed by atoms with van der Waals surface area (Å²) in [5.74, 6) is -2.36. The van der Waals surface area contributed by atoms with E-state index >= 15 is 0 Å². The lowest BCUT2D eigenvalue weighted by atomic mass is 10.1. The van der Waals surface area contributed by atoms with E-state index in [1.54, 1.807) is 0 Å². The minimum absolute atomic E-state index is 0.0414. The van der Waals surface area contributed by atoms with Crippen LogP contribution in [0.1, 0.15) is 0 Å². The Morgan fingerprint density at radius 2 is 1.86 bits per heavy atom. The molecule has 0 amide bonds. The Bertz CT molecular complexity index is 383. The molecule has 1 N–H and O–H groups in total. The van der Waals surface area contributed by atoms with Gasteiger partial charge in [-0.25, -0.2) is 9.59 Å². The molecule has 1 fully saturated rings. The molecule has 1 saturated heterocycles. The van der Waals surface area contributed by atoms with Gasteiger partial charge in [0.25, 0.3) is 0 Å². The van der Waals surface area contributed by atoms with Gasteiger partial charge in [0.05, 0.1) is 27.9 Å². The fraction of sp³-hybridized carbons (Fsp3) is 0.538. The Hall–Kier alpha value is -2.26. The summed E-state index contributed by atoms with van der Waals surface area (Å²) < 4.78 is 17.3. The summed E-state index contributed by atoms with van der Waals surface area (Å²) in [6.07, 6.45) is 1.11. The number of ketones is 1. The number of carbonyl (C=O) groups is 4. The average Bonchev–Trinajstić information content (AvgIpc) is 2.99. The van der Waals surface area contributed by atoms with Crippen LogP contribution < -0.4 is 0 Å². The quantitative estimate of drug-likeness (QED) is 0.297. The summed E-state index contributed by atoms with van der Waals surface area (Å²) >= 11 is 0. The van der Waals surface area contributed by atoms with Crippen LogP contribution in [-0.4, -0.2) is 69.9 Å². The molecule has 0 aromatic carbocycles. The standard InChI is InChI=1S/C6H8O4.C4H6O2.C3H6O3/c1-9-6(8)4-2-10-3-5(4)7;1-3-4(5)6-2;1-6-3(5)2-4/h4H,2-3H2,1H3;3H,1H2,2H3;4H,2H2,1H3. The number of ether oxygens (including phenoxy) is 4. The molecule has 9 nitrogen and oxygen atoms in total. The van der Waals surface area contributed by atoms with Gasteiger partial charge in [0, 0.05) is 6.08 Å². The van der Waals surface area contributed by atoms with Crippen LogP contribution in [0.5, 0.6) is 0 Å². The molecule has 22 heavy (non-hydrogen) atoms. The molecule has 1 aliphatic heterocycles. The van der Waals surface area contributed by atoms with Crippen LogP contribution in [0.3, 0.4) is 0 Å². The molecule has 1 aliphatic rings.